The molecule has 28 heavy (non-hydrogen) atoms. The van der Waals surface area contributed by atoms with Gasteiger partial charge >= 0.3 is 0 Å². The van der Waals surface area contributed by atoms with Gasteiger partial charge in [-0.1, -0.05) is 17.3 Å². The molecule has 0 bridgehead atoms. The third-order valence-corrected chi connectivity index (χ3v) is 3.75. The van der Waals surface area contributed by atoms with Crippen molar-refractivity contribution >= 4 is 17.5 Å². The first-order valence-corrected chi connectivity index (χ1v) is 8.66. The SMILES string of the molecule is CC(=O)Nc1cccc(CNC(=O)c2ccc(OCc3noc(C)n3)cc2)c1. The van der Waals surface area contributed by atoms with Crippen LogP contribution in [0.25, 0.3) is 0 Å². The zero-order valence-corrected chi connectivity index (χ0v) is 15.6. The summed E-state index contributed by atoms with van der Waals surface area (Å²) >= 11 is 0. The van der Waals surface area contributed by atoms with Crippen LogP contribution < -0.4 is 15.4 Å². The van der Waals surface area contributed by atoms with Gasteiger partial charge in [0.25, 0.3) is 5.91 Å². The van der Waals surface area contributed by atoms with Crippen molar-refractivity contribution in [3.8, 4) is 5.75 Å². The van der Waals surface area contributed by atoms with E-state index in [1.54, 1.807) is 37.3 Å². The molecule has 0 unspecified atom stereocenters. The average molecular weight is 380 g/mol. The van der Waals surface area contributed by atoms with E-state index in [1.807, 2.05) is 18.2 Å². The molecule has 2 N–H and O–H groups in total. The number of aryl methyl sites for hydroxylation is 1. The molecule has 0 aliphatic carbocycles. The number of aromatic nitrogens is 2. The highest BCUT2D eigenvalue weighted by Gasteiger charge is 2.07. The number of rotatable bonds is 7. The lowest BCUT2D eigenvalue weighted by Crippen LogP contribution is -2.22. The summed E-state index contributed by atoms with van der Waals surface area (Å²) in [5.74, 6) is 1.19. The van der Waals surface area contributed by atoms with Crippen molar-refractivity contribution in [2.45, 2.75) is 27.0 Å². The molecule has 3 aromatic rings. The van der Waals surface area contributed by atoms with Gasteiger partial charge in [0.1, 0.15) is 5.75 Å². The first-order valence-electron chi connectivity index (χ1n) is 8.66. The first-order chi connectivity index (χ1) is 13.5. The number of ether oxygens (including phenoxy) is 1. The van der Waals surface area contributed by atoms with E-state index >= 15 is 0 Å². The summed E-state index contributed by atoms with van der Waals surface area (Å²) in [5, 5.41) is 9.32. The van der Waals surface area contributed by atoms with Gasteiger partial charge in [-0.15, -0.1) is 0 Å². The zero-order chi connectivity index (χ0) is 19.9. The number of carbonyl (C=O) groups excluding carboxylic acids is 2. The Hall–Kier alpha value is -3.68. The summed E-state index contributed by atoms with van der Waals surface area (Å²) in [6.07, 6.45) is 0. The van der Waals surface area contributed by atoms with E-state index in [0.717, 1.165) is 5.56 Å². The van der Waals surface area contributed by atoms with Crippen LogP contribution >= 0.6 is 0 Å². The Morgan fingerprint density at radius 3 is 2.61 bits per heavy atom. The molecule has 8 heteroatoms. The molecule has 0 aliphatic heterocycles. The van der Waals surface area contributed by atoms with Gasteiger partial charge < -0.3 is 19.9 Å². The first kappa shape index (κ1) is 19.1. The summed E-state index contributed by atoms with van der Waals surface area (Å²) in [7, 11) is 0. The van der Waals surface area contributed by atoms with Crippen LogP contribution in [0.1, 0.15) is 34.6 Å². The van der Waals surface area contributed by atoms with Gasteiger partial charge in [0, 0.05) is 31.6 Å². The number of hydrogen-bond donors (Lipinski definition) is 2. The Bertz CT molecular complexity index is 966. The molecule has 0 radical (unpaired) electrons. The van der Waals surface area contributed by atoms with Gasteiger partial charge in [0.15, 0.2) is 6.61 Å². The molecule has 0 atom stereocenters. The molecule has 2 aromatic carbocycles. The van der Waals surface area contributed by atoms with E-state index in [0.29, 0.717) is 35.3 Å². The maximum atomic E-state index is 12.3. The summed E-state index contributed by atoms with van der Waals surface area (Å²) < 4.78 is 10.4. The fraction of sp³-hybridized carbons (Fsp3) is 0.200. The van der Waals surface area contributed by atoms with E-state index in [9.17, 15) is 9.59 Å². The smallest absolute Gasteiger partial charge is 0.251 e. The van der Waals surface area contributed by atoms with Crippen LogP contribution in [0, 0.1) is 6.92 Å². The third kappa shape index (κ3) is 5.41. The maximum Gasteiger partial charge on any atom is 0.251 e. The summed E-state index contributed by atoms with van der Waals surface area (Å²) in [5.41, 5.74) is 2.09. The van der Waals surface area contributed by atoms with Crippen molar-refractivity contribution in [3.63, 3.8) is 0 Å². The van der Waals surface area contributed by atoms with Crippen molar-refractivity contribution in [3.05, 3.63) is 71.4 Å². The molecule has 8 nitrogen and oxygen atoms in total. The molecule has 0 spiro atoms. The number of nitrogens with one attached hydrogen (secondary N) is 2. The van der Waals surface area contributed by atoms with Crippen LogP contribution in [0.2, 0.25) is 0 Å². The Morgan fingerprint density at radius 1 is 1.14 bits per heavy atom. The third-order valence-electron chi connectivity index (χ3n) is 3.75. The Kier molecular flexibility index (Phi) is 6.01. The lowest BCUT2D eigenvalue weighted by atomic mass is 10.1. The lowest BCUT2D eigenvalue weighted by Gasteiger charge is -2.08. The predicted molar refractivity (Wildman–Crippen MR) is 102 cm³/mol. The van der Waals surface area contributed by atoms with Crippen LogP contribution in [0.15, 0.2) is 53.1 Å². The minimum atomic E-state index is -0.203. The minimum Gasteiger partial charge on any atom is -0.485 e. The largest absolute Gasteiger partial charge is 0.485 e. The molecule has 3 rings (SSSR count). The fourth-order valence-corrected chi connectivity index (χ4v) is 2.50. The quantitative estimate of drug-likeness (QED) is 0.653. The van der Waals surface area contributed by atoms with Crippen molar-refractivity contribution in [2.75, 3.05) is 5.32 Å². The summed E-state index contributed by atoms with van der Waals surface area (Å²) in [6, 6.07) is 14.1. The van der Waals surface area contributed by atoms with E-state index in [4.69, 9.17) is 9.26 Å². The molecule has 2 amide bonds. The molecule has 0 saturated heterocycles. The van der Waals surface area contributed by atoms with Gasteiger partial charge in [0.05, 0.1) is 0 Å². The number of amides is 2. The monoisotopic (exact) mass is 380 g/mol. The van der Waals surface area contributed by atoms with Gasteiger partial charge in [-0.25, -0.2) is 0 Å². The molecule has 1 heterocycles. The molecule has 0 fully saturated rings. The summed E-state index contributed by atoms with van der Waals surface area (Å²) in [4.78, 5) is 27.5. The molecular weight excluding hydrogens is 360 g/mol. The second kappa shape index (κ2) is 8.81. The fourth-order valence-electron chi connectivity index (χ4n) is 2.50. The molecule has 1 aromatic heterocycles. The van der Waals surface area contributed by atoms with Crippen molar-refractivity contribution < 1.29 is 18.8 Å². The highest BCUT2D eigenvalue weighted by Crippen LogP contribution is 2.14. The lowest BCUT2D eigenvalue weighted by molar-refractivity contribution is -0.114. The number of carbonyl (C=O) groups is 2. The van der Waals surface area contributed by atoms with Crippen molar-refractivity contribution in [1.29, 1.82) is 0 Å². The van der Waals surface area contributed by atoms with Gasteiger partial charge in [-0.05, 0) is 42.0 Å². The van der Waals surface area contributed by atoms with Gasteiger partial charge in [-0.3, -0.25) is 9.59 Å². The molecule has 0 aliphatic rings. The standard InChI is InChI=1S/C20H20N4O4/c1-13(25)22-17-5-3-4-15(10-17)11-21-20(26)16-6-8-18(9-7-16)27-12-19-23-14(2)28-24-19/h3-10H,11-12H2,1-2H3,(H,21,26)(H,22,25). The zero-order valence-electron chi connectivity index (χ0n) is 15.6. The topological polar surface area (TPSA) is 106 Å². The van der Waals surface area contributed by atoms with Crippen LogP contribution in [0.3, 0.4) is 0 Å². The molecule has 144 valence electrons. The van der Waals surface area contributed by atoms with Crippen LogP contribution in [-0.4, -0.2) is 22.0 Å². The molecule has 0 saturated carbocycles. The van der Waals surface area contributed by atoms with Crippen molar-refractivity contribution in [2.24, 2.45) is 0 Å². The predicted octanol–water partition coefficient (Wildman–Crippen LogP) is 2.85. The second-order valence-corrected chi connectivity index (χ2v) is 6.11. The van der Waals surface area contributed by atoms with Crippen LogP contribution in [0.4, 0.5) is 5.69 Å². The average Bonchev–Trinajstić information content (AvgIpc) is 3.10. The Labute approximate surface area is 161 Å². The van der Waals surface area contributed by atoms with Gasteiger partial charge in [0.2, 0.25) is 17.6 Å². The van der Waals surface area contributed by atoms with Gasteiger partial charge in [-0.2, -0.15) is 4.98 Å². The van der Waals surface area contributed by atoms with E-state index in [1.165, 1.54) is 6.92 Å². The van der Waals surface area contributed by atoms with E-state index < -0.39 is 0 Å². The Balaban J connectivity index is 1.52. The molecular formula is C20H20N4O4. The van der Waals surface area contributed by atoms with Crippen LogP contribution in [-0.2, 0) is 17.9 Å². The Morgan fingerprint density at radius 2 is 1.93 bits per heavy atom. The minimum absolute atomic E-state index is 0.141. The number of benzene rings is 2. The highest BCUT2D eigenvalue weighted by molar-refractivity contribution is 5.94. The summed E-state index contributed by atoms with van der Waals surface area (Å²) in [6.45, 7) is 3.69. The number of hydrogen-bond acceptors (Lipinski definition) is 6. The maximum absolute atomic E-state index is 12.3. The highest BCUT2D eigenvalue weighted by atomic mass is 16.5. The second-order valence-electron chi connectivity index (χ2n) is 6.11. The normalized spacial score (nSPS) is 10.4. The van der Waals surface area contributed by atoms with E-state index in [2.05, 4.69) is 20.8 Å². The number of anilines is 1. The van der Waals surface area contributed by atoms with Crippen LogP contribution in [0.5, 0.6) is 5.75 Å². The number of nitrogens with zero attached hydrogens (tertiary/aromatic N) is 2. The van der Waals surface area contributed by atoms with Crippen molar-refractivity contribution in [1.82, 2.24) is 15.5 Å². The van der Waals surface area contributed by atoms with E-state index in [-0.39, 0.29) is 18.4 Å².